The fraction of sp³-hybridized carbons (Fsp3) is 0.133. The summed E-state index contributed by atoms with van der Waals surface area (Å²) >= 11 is 3.42. The zero-order valence-electron chi connectivity index (χ0n) is 10.8. The fourth-order valence-corrected chi connectivity index (χ4v) is 2.74. The normalized spacial score (nSPS) is 12.8. The van der Waals surface area contributed by atoms with E-state index in [9.17, 15) is 4.39 Å². The van der Waals surface area contributed by atoms with Crippen molar-refractivity contribution >= 4 is 32.9 Å². The number of halogens is 2. The fourth-order valence-electron chi connectivity index (χ4n) is 2.39. The van der Waals surface area contributed by atoms with E-state index in [0.29, 0.717) is 5.95 Å². The minimum absolute atomic E-state index is 0.0122. The first-order chi connectivity index (χ1) is 9.56. The van der Waals surface area contributed by atoms with Gasteiger partial charge in [-0.1, -0.05) is 28.1 Å². The Balaban J connectivity index is 2.13. The Bertz CT molecular complexity index is 765. The maximum Gasteiger partial charge on any atom is 0.201 e. The van der Waals surface area contributed by atoms with Gasteiger partial charge < -0.3 is 10.3 Å². The molecule has 2 N–H and O–H groups in total. The SMILES string of the molecule is CC(c1ccc(F)cc1)n1c(N)nc2cc(Br)ccc21. The van der Waals surface area contributed by atoms with Crippen LogP contribution < -0.4 is 5.73 Å². The standard InChI is InChI=1S/C15H13BrFN3/c1-9(10-2-5-12(17)6-3-10)20-14-7-4-11(16)8-13(14)19-15(20)18/h2-9H,1H3,(H2,18,19). The van der Waals surface area contributed by atoms with Crippen LogP contribution in [0.5, 0.6) is 0 Å². The third-order valence-electron chi connectivity index (χ3n) is 3.42. The molecule has 1 aromatic heterocycles. The molecular weight excluding hydrogens is 321 g/mol. The Morgan fingerprint density at radius 1 is 1.20 bits per heavy atom. The Labute approximate surface area is 124 Å². The molecule has 0 amide bonds. The summed E-state index contributed by atoms with van der Waals surface area (Å²) in [4.78, 5) is 4.37. The van der Waals surface area contributed by atoms with Crippen LogP contribution >= 0.6 is 15.9 Å². The first-order valence-electron chi connectivity index (χ1n) is 6.24. The van der Waals surface area contributed by atoms with E-state index in [4.69, 9.17) is 5.73 Å². The summed E-state index contributed by atoms with van der Waals surface area (Å²) in [7, 11) is 0. The first kappa shape index (κ1) is 13.1. The van der Waals surface area contributed by atoms with Gasteiger partial charge in [0.05, 0.1) is 17.1 Å². The zero-order valence-corrected chi connectivity index (χ0v) is 12.4. The van der Waals surface area contributed by atoms with Gasteiger partial charge in [-0.15, -0.1) is 0 Å². The van der Waals surface area contributed by atoms with Gasteiger partial charge in [-0.2, -0.15) is 0 Å². The van der Waals surface area contributed by atoms with Crippen LogP contribution in [-0.2, 0) is 0 Å². The number of anilines is 1. The van der Waals surface area contributed by atoms with E-state index in [1.165, 1.54) is 12.1 Å². The van der Waals surface area contributed by atoms with Crippen LogP contribution in [0.2, 0.25) is 0 Å². The van der Waals surface area contributed by atoms with Crippen LogP contribution in [0.15, 0.2) is 46.9 Å². The second kappa shape index (κ2) is 4.90. The van der Waals surface area contributed by atoms with Gasteiger partial charge in [-0.05, 0) is 42.8 Å². The highest BCUT2D eigenvalue weighted by atomic mass is 79.9. The van der Waals surface area contributed by atoms with E-state index in [0.717, 1.165) is 21.1 Å². The van der Waals surface area contributed by atoms with Crippen molar-refractivity contribution in [1.82, 2.24) is 9.55 Å². The number of benzene rings is 2. The molecule has 3 aromatic rings. The van der Waals surface area contributed by atoms with Crippen molar-refractivity contribution in [3.05, 3.63) is 58.3 Å². The molecule has 0 bridgehead atoms. The highest BCUT2D eigenvalue weighted by molar-refractivity contribution is 9.10. The Hall–Kier alpha value is -1.88. The molecule has 2 aromatic carbocycles. The monoisotopic (exact) mass is 333 g/mol. The van der Waals surface area contributed by atoms with Crippen molar-refractivity contribution < 1.29 is 4.39 Å². The molecule has 0 fully saturated rings. The Morgan fingerprint density at radius 3 is 2.60 bits per heavy atom. The Morgan fingerprint density at radius 2 is 1.90 bits per heavy atom. The van der Waals surface area contributed by atoms with Crippen LogP contribution in [0.3, 0.4) is 0 Å². The molecule has 1 heterocycles. The highest BCUT2D eigenvalue weighted by Crippen LogP contribution is 2.28. The maximum atomic E-state index is 13.0. The van der Waals surface area contributed by atoms with Crippen molar-refractivity contribution in [3.8, 4) is 0 Å². The van der Waals surface area contributed by atoms with Crippen molar-refractivity contribution in [1.29, 1.82) is 0 Å². The van der Waals surface area contributed by atoms with E-state index in [1.807, 2.05) is 29.7 Å². The minimum atomic E-state index is -0.242. The predicted octanol–water partition coefficient (Wildman–Crippen LogP) is 4.13. The molecule has 3 rings (SSSR count). The molecule has 20 heavy (non-hydrogen) atoms. The van der Waals surface area contributed by atoms with Gasteiger partial charge in [-0.3, -0.25) is 0 Å². The molecule has 3 nitrogen and oxygen atoms in total. The van der Waals surface area contributed by atoms with Crippen molar-refractivity contribution in [2.75, 3.05) is 5.73 Å². The topological polar surface area (TPSA) is 43.8 Å². The third-order valence-corrected chi connectivity index (χ3v) is 3.91. The molecule has 1 atom stereocenters. The van der Waals surface area contributed by atoms with Crippen molar-refractivity contribution in [2.45, 2.75) is 13.0 Å². The molecule has 0 aliphatic rings. The summed E-state index contributed by atoms with van der Waals surface area (Å²) in [6.07, 6.45) is 0. The number of nitrogen functional groups attached to an aromatic ring is 1. The number of hydrogen-bond acceptors (Lipinski definition) is 2. The van der Waals surface area contributed by atoms with Gasteiger partial charge in [0.25, 0.3) is 0 Å². The maximum absolute atomic E-state index is 13.0. The van der Waals surface area contributed by atoms with E-state index >= 15 is 0 Å². The number of rotatable bonds is 2. The molecule has 1 unspecified atom stereocenters. The van der Waals surface area contributed by atoms with Crippen LogP contribution in [0.25, 0.3) is 11.0 Å². The first-order valence-corrected chi connectivity index (χ1v) is 7.04. The third kappa shape index (κ3) is 2.18. The highest BCUT2D eigenvalue weighted by Gasteiger charge is 2.15. The second-order valence-corrected chi connectivity index (χ2v) is 5.62. The van der Waals surface area contributed by atoms with Gasteiger partial charge >= 0.3 is 0 Å². The van der Waals surface area contributed by atoms with Gasteiger partial charge in [0.1, 0.15) is 5.82 Å². The molecule has 0 saturated heterocycles. The summed E-state index contributed by atoms with van der Waals surface area (Å²) in [5.74, 6) is 0.211. The van der Waals surface area contributed by atoms with Gasteiger partial charge in [0.15, 0.2) is 0 Å². The molecule has 102 valence electrons. The smallest absolute Gasteiger partial charge is 0.201 e. The summed E-state index contributed by atoms with van der Waals surface area (Å²) in [5.41, 5.74) is 8.82. The lowest BCUT2D eigenvalue weighted by atomic mass is 10.1. The summed E-state index contributed by atoms with van der Waals surface area (Å²) < 4.78 is 15.9. The van der Waals surface area contributed by atoms with Crippen molar-refractivity contribution in [2.24, 2.45) is 0 Å². The van der Waals surface area contributed by atoms with Gasteiger partial charge in [0.2, 0.25) is 5.95 Å². The Kier molecular flexibility index (Phi) is 3.22. The molecular formula is C15H13BrFN3. The number of aromatic nitrogens is 2. The lowest BCUT2D eigenvalue weighted by Gasteiger charge is -2.16. The molecule has 0 radical (unpaired) electrons. The van der Waals surface area contributed by atoms with Crippen LogP contribution in [0, 0.1) is 5.82 Å². The number of fused-ring (bicyclic) bond motifs is 1. The van der Waals surface area contributed by atoms with Crippen molar-refractivity contribution in [3.63, 3.8) is 0 Å². The molecule has 0 aliphatic carbocycles. The minimum Gasteiger partial charge on any atom is -0.369 e. The van der Waals surface area contributed by atoms with Crippen LogP contribution in [-0.4, -0.2) is 9.55 Å². The zero-order chi connectivity index (χ0) is 14.3. The van der Waals surface area contributed by atoms with Crippen LogP contribution in [0.1, 0.15) is 18.5 Å². The summed E-state index contributed by atoms with van der Waals surface area (Å²) in [5, 5.41) is 0. The molecule has 0 spiro atoms. The molecule has 0 aliphatic heterocycles. The summed E-state index contributed by atoms with van der Waals surface area (Å²) in [6.45, 7) is 2.02. The number of hydrogen-bond donors (Lipinski definition) is 1. The number of nitrogens with zero attached hydrogens (tertiary/aromatic N) is 2. The predicted molar refractivity (Wildman–Crippen MR) is 82.1 cm³/mol. The van der Waals surface area contributed by atoms with E-state index in [-0.39, 0.29) is 11.9 Å². The average molecular weight is 334 g/mol. The quantitative estimate of drug-likeness (QED) is 0.766. The van der Waals surface area contributed by atoms with Gasteiger partial charge in [-0.25, -0.2) is 9.37 Å². The van der Waals surface area contributed by atoms with E-state index in [1.54, 1.807) is 12.1 Å². The second-order valence-electron chi connectivity index (χ2n) is 4.70. The van der Waals surface area contributed by atoms with E-state index < -0.39 is 0 Å². The average Bonchev–Trinajstić information content (AvgIpc) is 2.73. The number of imidazole rings is 1. The molecule has 5 heteroatoms. The van der Waals surface area contributed by atoms with Gasteiger partial charge in [0, 0.05) is 4.47 Å². The lowest BCUT2D eigenvalue weighted by Crippen LogP contribution is -2.10. The lowest BCUT2D eigenvalue weighted by molar-refractivity contribution is 0.621. The molecule has 0 saturated carbocycles. The largest absolute Gasteiger partial charge is 0.369 e. The summed E-state index contributed by atoms with van der Waals surface area (Å²) in [6, 6.07) is 12.3. The van der Waals surface area contributed by atoms with Crippen LogP contribution in [0.4, 0.5) is 10.3 Å². The number of nitrogens with two attached hydrogens (primary N) is 1. The van der Waals surface area contributed by atoms with E-state index in [2.05, 4.69) is 20.9 Å².